The van der Waals surface area contributed by atoms with Crippen molar-refractivity contribution >= 4 is 22.5 Å². The van der Waals surface area contributed by atoms with Gasteiger partial charge in [-0.05, 0) is 44.0 Å². The number of hydrogen-bond acceptors (Lipinski definition) is 2. The molecule has 1 fully saturated rings. The van der Waals surface area contributed by atoms with Crippen molar-refractivity contribution in [3.63, 3.8) is 0 Å². The number of allylic oxidation sites excluding steroid dienone is 1. The van der Waals surface area contributed by atoms with E-state index in [4.69, 9.17) is 11.6 Å². The highest BCUT2D eigenvalue weighted by molar-refractivity contribution is 6.34. The van der Waals surface area contributed by atoms with Crippen LogP contribution in [-0.4, -0.2) is 9.97 Å². The molecule has 1 aliphatic rings. The number of hydrogen-bond donors (Lipinski definition) is 2. The molecule has 0 saturated heterocycles. The van der Waals surface area contributed by atoms with Crippen LogP contribution in [0.3, 0.4) is 0 Å². The second-order valence-corrected chi connectivity index (χ2v) is 7.00. The van der Waals surface area contributed by atoms with E-state index in [2.05, 4.69) is 46.1 Å². The number of rotatable bonds is 5. The number of nitrogens with one attached hydrogen (secondary N) is 2. The van der Waals surface area contributed by atoms with Gasteiger partial charge >= 0.3 is 0 Å². The zero-order chi connectivity index (χ0) is 16.7. The summed E-state index contributed by atoms with van der Waals surface area (Å²) in [4.78, 5) is 8.05. The predicted molar refractivity (Wildman–Crippen MR) is 100 cm³/mol. The Morgan fingerprint density at radius 2 is 2.17 bits per heavy atom. The Morgan fingerprint density at radius 3 is 2.83 bits per heavy atom. The van der Waals surface area contributed by atoms with Gasteiger partial charge in [0.1, 0.15) is 0 Å². The standard InChI is InChI=1S/C20H20ClN3/c1-12(2)22-11-16-7-15-8-18(21)17(9-20(15)24-16)14-5-6-19(23-10-14)13-3-4-13/h5-10,13,22,24H,1,3-4,11H2,2H3. The van der Waals surface area contributed by atoms with Crippen molar-refractivity contribution < 1.29 is 0 Å². The number of aromatic amines is 1. The van der Waals surface area contributed by atoms with Crippen LogP contribution >= 0.6 is 11.6 Å². The van der Waals surface area contributed by atoms with Gasteiger partial charge in [0, 0.05) is 56.3 Å². The fourth-order valence-electron chi connectivity index (χ4n) is 2.96. The first kappa shape index (κ1) is 15.3. The van der Waals surface area contributed by atoms with E-state index in [0.717, 1.165) is 45.0 Å². The highest BCUT2D eigenvalue weighted by atomic mass is 35.5. The first-order valence-electron chi connectivity index (χ1n) is 8.27. The highest BCUT2D eigenvalue weighted by Crippen LogP contribution is 2.39. The number of aromatic nitrogens is 2. The fourth-order valence-corrected chi connectivity index (χ4v) is 3.24. The summed E-state index contributed by atoms with van der Waals surface area (Å²) in [5, 5.41) is 5.10. The average Bonchev–Trinajstić information content (AvgIpc) is 3.33. The van der Waals surface area contributed by atoms with Gasteiger partial charge in [-0.25, -0.2) is 0 Å². The van der Waals surface area contributed by atoms with Crippen molar-refractivity contribution in [2.45, 2.75) is 32.2 Å². The molecule has 2 aromatic heterocycles. The van der Waals surface area contributed by atoms with E-state index in [1.165, 1.54) is 18.5 Å². The average molecular weight is 338 g/mol. The molecule has 4 rings (SSSR count). The van der Waals surface area contributed by atoms with Crippen LogP contribution in [0, 0.1) is 0 Å². The van der Waals surface area contributed by atoms with E-state index in [1.807, 2.05) is 19.2 Å². The molecular formula is C20H20ClN3. The minimum atomic E-state index is 0.670. The largest absolute Gasteiger partial charge is 0.383 e. The van der Waals surface area contributed by atoms with E-state index in [-0.39, 0.29) is 0 Å². The van der Waals surface area contributed by atoms with Gasteiger partial charge in [0.05, 0.1) is 6.54 Å². The summed E-state index contributed by atoms with van der Waals surface area (Å²) in [5.41, 5.74) is 6.42. The molecular weight excluding hydrogens is 318 g/mol. The van der Waals surface area contributed by atoms with Crippen LogP contribution in [-0.2, 0) is 6.54 Å². The van der Waals surface area contributed by atoms with Crippen LogP contribution in [0.4, 0.5) is 0 Å². The molecule has 0 unspecified atom stereocenters. The lowest BCUT2D eigenvalue weighted by molar-refractivity contribution is 0.798. The summed E-state index contributed by atoms with van der Waals surface area (Å²) in [6.07, 6.45) is 4.47. The van der Waals surface area contributed by atoms with Crippen molar-refractivity contribution in [1.29, 1.82) is 0 Å². The molecule has 1 saturated carbocycles. The van der Waals surface area contributed by atoms with Gasteiger partial charge in [-0.2, -0.15) is 0 Å². The second kappa shape index (κ2) is 5.99. The van der Waals surface area contributed by atoms with Gasteiger partial charge in [0.2, 0.25) is 0 Å². The molecule has 24 heavy (non-hydrogen) atoms. The normalized spacial score (nSPS) is 14.1. The van der Waals surface area contributed by atoms with E-state index in [9.17, 15) is 0 Å². The van der Waals surface area contributed by atoms with Gasteiger partial charge < -0.3 is 10.3 Å². The van der Waals surface area contributed by atoms with Gasteiger partial charge in [0.15, 0.2) is 0 Å². The number of fused-ring (bicyclic) bond motifs is 1. The van der Waals surface area contributed by atoms with Crippen molar-refractivity contribution in [1.82, 2.24) is 15.3 Å². The molecule has 0 spiro atoms. The summed E-state index contributed by atoms with van der Waals surface area (Å²) in [7, 11) is 0. The van der Waals surface area contributed by atoms with Crippen LogP contribution in [0.25, 0.3) is 22.0 Å². The first-order valence-corrected chi connectivity index (χ1v) is 8.65. The zero-order valence-corrected chi connectivity index (χ0v) is 14.5. The van der Waals surface area contributed by atoms with E-state index in [1.54, 1.807) is 0 Å². The smallest absolute Gasteiger partial charge is 0.0548 e. The molecule has 1 aliphatic carbocycles. The predicted octanol–water partition coefficient (Wildman–Crippen LogP) is 5.38. The maximum absolute atomic E-state index is 6.52. The number of H-pyrrole nitrogens is 1. The van der Waals surface area contributed by atoms with Crippen LogP contribution < -0.4 is 5.32 Å². The van der Waals surface area contributed by atoms with Crippen LogP contribution in [0.5, 0.6) is 0 Å². The molecule has 0 amide bonds. The summed E-state index contributed by atoms with van der Waals surface area (Å²) in [6.45, 7) is 6.55. The monoisotopic (exact) mass is 337 g/mol. The maximum atomic E-state index is 6.52. The first-order chi connectivity index (χ1) is 11.6. The van der Waals surface area contributed by atoms with Gasteiger partial charge in [0.25, 0.3) is 0 Å². The molecule has 0 aliphatic heterocycles. The third kappa shape index (κ3) is 3.04. The number of nitrogens with zero attached hydrogens (tertiary/aromatic N) is 1. The molecule has 1 aromatic carbocycles. The molecule has 3 nitrogen and oxygen atoms in total. The third-order valence-electron chi connectivity index (χ3n) is 4.44. The van der Waals surface area contributed by atoms with Crippen LogP contribution in [0.2, 0.25) is 5.02 Å². The van der Waals surface area contributed by atoms with E-state index in [0.29, 0.717) is 5.92 Å². The number of pyridine rings is 1. The second-order valence-electron chi connectivity index (χ2n) is 6.59. The van der Waals surface area contributed by atoms with Crippen molar-refractivity contribution in [2.24, 2.45) is 0 Å². The topological polar surface area (TPSA) is 40.7 Å². The Kier molecular flexibility index (Phi) is 3.81. The van der Waals surface area contributed by atoms with Gasteiger partial charge in [-0.15, -0.1) is 0 Å². The SMILES string of the molecule is C=C(C)NCc1cc2cc(Cl)c(-c3ccc(C4CC4)nc3)cc2[nH]1. The molecule has 122 valence electrons. The minimum Gasteiger partial charge on any atom is -0.383 e. The minimum absolute atomic E-state index is 0.670. The Hall–Kier alpha value is -2.26. The third-order valence-corrected chi connectivity index (χ3v) is 4.75. The Morgan fingerprint density at radius 1 is 1.33 bits per heavy atom. The van der Waals surface area contributed by atoms with E-state index >= 15 is 0 Å². The number of benzene rings is 1. The summed E-state index contributed by atoms with van der Waals surface area (Å²) in [5.74, 6) is 0.670. The van der Waals surface area contributed by atoms with Gasteiger partial charge in [-0.3, -0.25) is 4.98 Å². The molecule has 0 bridgehead atoms. The lowest BCUT2D eigenvalue weighted by atomic mass is 10.1. The highest BCUT2D eigenvalue weighted by Gasteiger charge is 2.24. The maximum Gasteiger partial charge on any atom is 0.0548 e. The summed E-state index contributed by atoms with van der Waals surface area (Å²) >= 11 is 6.52. The summed E-state index contributed by atoms with van der Waals surface area (Å²) in [6, 6.07) is 10.5. The fraction of sp³-hybridized carbons (Fsp3) is 0.250. The van der Waals surface area contributed by atoms with Crippen molar-refractivity contribution in [3.05, 3.63) is 65.2 Å². The van der Waals surface area contributed by atoms with Gasteiger partial charge in [-0.1, -0.05) is 24.2 Å². The summed E-state index contributed by atoms with van der Waals surface area (Å²) < 4.78 is 0. The number of halogens is 1. The van der Waals surface area contributed by atoms with E-state index < -0.39 is 0 Å². The van der Waals surface area contributed by atoms with Crippen LogP contribution in [0.1, 0.15) is 37.1 Å². The van der Waals surface area contributed by atoms with Crippen LogP contribution in [0.15, 0.2) is 48.8 Å². The Balaban J connectivity index is 1.67. The molecule has 2 N–H and O–H groups in total. The molecule has 0 atom stereocenters. The Labute approximate surface area is 146 Å². The lowest BCUT2D eigenvalue weighted by Gasteiger charge is -2.06. The van der Waals surface area contributed by atoms with Crippen molar-refractivity contribution in [3.8, 4) is 11.1 Å². The zero-order valence-electron chi connectivity index (χ0n) is 13.7. The Bertz CT molecular complexity index is 905. The molecule has 2 heterocycles. The quantitative estimate of drug-likeness (QED) is 0.655. The van der Waals surface area contributed by atoms with Crippen molar-refractivity contribution in [2.75, 3.05) is 0 Å². The lowest BCUT2D eigenvalue weighted by Crippen LogP contribution is -2.09. The molecule has 4 heteroatoms. The molecule has 0 radical (unpaired) electrons. The molecule has 3 aromatic rings.